The molecule has 0 spiro atoms. The first-order chi connectivity index (χ1) is 11.7. The molecule has 0 saturated heterocycles. The van der Waals surface area contributed by atoms with E-state index in [1.54, 1.807) is 6.92 Å². The maximum absolute atomic E-state index is 12.8. The number of Topliss-reactive ketones (excluding diaryl/α,β-unsaturated/α-hetero) is 1. The van der Waals surface area contributed by atoms with Crippen LogP contribution in [0.25, 0.3) is 0 Å². The highest BCUT2D eigenvalue weighted by molar-refractivity contribution is 5.85. The number of hydrogen-bond donors (Lipinski definition) is 0. The van der Waals surface area contributed by atoms with Crippen LogP contribution in [0.5, 0.6) is 0 Å². The molecule has 4 aliphatic rings. The van der Waals surface area contributed by atoms with E-state index >= 15 is 0 Å². The van der Waals surface area contributed by atoms with Crippen molar-refractivity contribution < 1.29 is 19.1 Å². The number of rotatable bonds is 4. The fraction of sp³-hybridized carbons (Fsp3) is 0.905. The van der Waals surface area contributed by atoms with Crippen molar-refractivity contribution >= 4 is 11.8 Å². The van der Waals surface area contributed by atoms with E-state index in [1.165, 1.54) is 12.8 Å². The molecule has 0 aromatic rings. The lowest BCUT2D eigenvalue weighted by molar-refractivity contribution is -0.213. The molecule has 0 amide bonds. The lowest BCUT2D eigenvalue weighted by Crippen LogP contribution is -2.51. The minimum atomic E-state index is -0.589. The second-order valence-electron chi connectivity index (χ2n) is 9.66. The summed E-state index contributed by atoms with van der Waals surface area (Å²) in [4.78, 5) is 25.2. The predicted molar refractivity (Wildman–Crippen MR) is 95.7 cm³/mol. The molecule has 4 bridgehead atoms. The van der Waals surface area contributed by atoms with Gasteiger partial charge in [0.25, 0.3) is 0 Å². The zero-order valence-electron chi connectivity index (χ0n) is 16.4. The molecule has 5 unspecified atom stereocenters. The van der Waals surface area contributed by atoms with E-state index in [-0.39, 0.29) is 35.2 Å². The summed E-state index contributed by atoms with van der Waals surface area (Å²) in [6.07, 6.45) is 5.88. The maximum atomic E-state index is 12.8. The minimum absolute atomic E-state index is 0.00573. The molecule has 142 valence electrons. The highest BCUT2D eigenvalue weighted by Gasteiger charge is 2.49. The van der Waals surface area contributed by atoms with Gasteiger partial charge in [0.15, 0.2) is 6.29 Å². The van der Waals surface area contributed by atoms with E-state index in [4.69, 9.17) is 9.47 Å². The number of hydrogen-bond acceptors (Lipinski definition) is 4. The molecule has 4 fully saturated rings. The van der Waals surface area contributed by atoms with E-state index in [0.717, 1.165) is 25.7 Å². The summed E-state index contributed by atoms with van der Waals surface area (Å²) in [5.41, 5.74) is -0.134. The molecule has 4 rings (SSSR count). The van der Waals surface area contributed by atoms with E-state index in [2.05, 4.69) is 0 Å². The van der Waals surface area contributed by atoms with Gasteiger partial charge in [0.05, 0.1) is 12.0 Å². The summed E-state index contributed by atoms with van der Waals surface area (Å²) in [7, 11) is 0. The van der Waals surface area contributed by atoms with E-state index in [1.807, 2.05) is 27.7 Å². The Morgan fingerprint density at radius 3 is 2.44 bits per heavy atom. The third kappa shape index (κ3) is 3.94. The lowest BCUT2D eigenvalue weighted by Gasteiger charge is -2.49. The zero-order chi connectivity index (χ0) is 18.4. The molecule has 4 saturated carbocycles. The van der Waals surface area contributed by atoms with Crippen molar-refractivity contribution in [2.24, 2.45) is 35.0 Å². The quantitative estimate of drug-likeness (QED) is 0.558. The Balaban J connectivity index is 1.64. The van der Waals surface area contributed by atoms with Crippen molar-refractivity contribution in [3.63, 3.8) is 0 Å². The number of ketones is 1. The molecular weight excluding hydrogens is 316 g/mol. The van der Waals surface area contributed by atoms with Crippen molar-refractivity contribution in [1.29, 1.82) is 0 Å². The number of esters is 1. The average Bonchev–Trinajstić information content (AvgIpc) is 2.48. The van der Waals surface area contributed by atoms with Crippen LogP contribution in [0.1, 0.15) is 73.1 Å². The summed E-state index contributed by atoms with van der Waals surface area (Å²) >= 11 is 0. The fourth-order valence-electron chi connectivity index (χ4n) is 4.78. The summed E-state index contributed by atoms with van der Waals surface area (Å²) in [5.74, 6) is 1.41. The van der Waals surface area contributed by atoms with Crippen LogP contribution >= 0.6 is 0 Å². The number of ether oxygens (including phenoxy) is 2. The molecule has 0 N–H and O–H groups in total. The van der Waals surface area contributed by atoms with Crippen LogP contribution in [0, 0.1) is 35.0 Å². The topological polar surface area (TPSA) is 52.6 Å². The van der Waals surface area contributed by atoms with Gasteiger partial charge in [-0.3, -0.25) is 9.59 Å². The second kappa shape index (κ2) is 7.02. The first-order valence-electron chi connectivity index (χ1n) is 10.1. The van der Waals surface area contributed by atoms with Crippen LogP contribution in [-0.4, -0.2) is 24.1 Å². The second-order valence-corrected chi connectivity index (χ2v) is 9.66. The van der Waals surface area contributed by atoms with Crippen LogP contribution in [0.3, 0.4) is 0 Å². The average molecular weight is 350 g/mol. The molecule has 0 aromatic heterocycles. The zero-order valence-corrected chi connectivity index (χ0v) is 16.4. The molecule has 0 heterocycles. The molecule has 0 aromatic carbocycles. The van der Waals surface area contributed by atoms with E-state index < -0.39 is 6.29 Å². The van der Waals surface area contributed by atoms with Crippen molar-refractivity contribution in [2.75, 3.05) is 0 Å². The largest absolute Gasteiger partial charge is 0.436 e. The molecule has 4 aliphatic carbocycles. The van der Waals surface area contributed by atoms with Crippen molar-refractivity contribution in [3.8, 4) is 0 Å². The lowest BCUT2D eigenvalue weighted by atomic mass is 9.59. The van der Waals surface area contributed by atoms with Gasteiger partial charge in [0.2, 0.25) is 0 Å². The minimum Gasteiger partial charge on any atom is -0.436 e. The molecule has 4 heteroatoms. The van der Waals surface area contributed by atoms with Gasteiger partial charge in [-0.05, 0) is 56.3 Å². The van der Waals surface area contributed by atoms with Gasteiger partial charge < -0.3 is 9.47 Å². The Morgan fingerprint density at radius 1 is 1.12 bits per heavy atom. The van der Waals surface area contributed by atoms with Crippen LogP contribution < -0.4 is 0 Å². The fourth-order valence-corrected chi connectivity index (χ4v) is 4.78. The Hall–Kier alpha value is -0.900. The molecule has 0 aliphatic heterocycles. The SMILES string of the molecule is CC(OC(=O)C(C)C(C)(C)C)OC1C2CC(CC3CCCC1C3=O)C2. The Kier molecular flexibility index (Phi) is 5.30. The van der Waals surface area contributed by atoms with Gasteiger partial charge in [-0.25, -0.2) is 0 Å². The summed E-state index contributed by atoms with van der Waals surface area (Å²) in [5, 5.41) is 0. The van der Waals surface area contributed by atoms with Gasteiger partial charge in [0.1, 0.15) is 5.78 Å². The molecule has 4 nitrogen and oxygen atoms in total. The first kappa shape index (κ1) is 18.9. The van der Waals surface area contributed by atoms with Crippen molar-refractivity contribution in [3.05, 3.63) is 0 Å². The summed E-state index contributed by atoms with van der Waals surface area (Å²) in [6, 6.07) is 0. The van der Waals surface area contributed by atoms with Crippen LogP contribution in [0.15, 0.2) is 0 Å². The predicted octanol–water partition coefficient (Wildman–Crippen LogP) is 4.36. The Morgan fingerprint density at radius 2 is 1.80 bits per heavy atom. The van der Waals surface area contributed by atoms with Crippen LogP contribution in [0.2, 0.25) is 0 Å². The summed E-state index contributed by atoms with van der Waals surface area (Å²) < 4.78 is 11.8. The smallest absolute Gasteiger partial charge is 0.311 e. The van der Waals surface area contributed by atoms with E-state index in [0.29, 0.717) is 17.6 Å². The van der Waals surface area contributed by atoms with Gasteiger partial charge in [-0.2, -0.15) is 0 Å². The number of carbonyl (C=O) groups is 2. The van der Waals surface area contributed by atoms with Crippen molar-refractivity contribution in [1.82, 2.24) is 0 Å². The molecule has 25 heavy (non-hydrogen) atoms. The normalized spacial score (nSPS) is 37.3. The summed E-state index contributed by atoms with van der Waals surface area (Å²) in [6.45, 7) is 9.81. The van der Waals surface area contributed by atoms with Gasteiger partial charge in [0, 0.05) is 11.8 Å². The van der Waals surface area contributed by atoms with E-state index in [9.17, 15) is 9.59 Å². The Labute approximate surface area is 152 Å². The van der Waals surface area contributed by atoms with Crippen LogP contribution in [-0.2, 0) is 19.1 Å². The highest BCUT2D eigenvalue weighted by atomic mass is 16.7. The highest BCUT2D eigenvalue weighted by Crippen LogP contribution is 2.50. The molecule has 5 atom stereocenters. The standard InChI is InChI=1S/C21H34O4/c1-12(21(3,4)5)20(23)25-13(2)24-19-16-10-14(11-16)9-15-7-6-8-17(19)18(15)22/h12-17,19H,6-11H2,1-5H3. The Bertz CT molecular complexity index is 514. The van der Waals surface area contributed by atoms with Gasteiger partial charge in [-0.15, -0.1) is 0 Å². The number of carbonyl (C=O) groups excluding carboxylic acids is 2. The third-order valence-electron chi connectivity index (χ3n) is 6.87. The van der Waals surface area contributed by atoms with Gasteiger partial charge >= 0.3 is 5.97 Å². The maximum Gasteiger partial charge on any atom is 0.311 e. The van der Waals surface area contributed by atoms with Gasteiger partial charge in [-0.1, -0.05) is 34.1 Å². The van der Waals surface area contributed by atoms with Crippen LogP contribution in [0.4, 0.5) is 0 Å². The monoisotopic (exact) mass is 350 g/mol. The third-order valence-corrected chi connectivity index (χ3v) is 6.87. The first-order valence-corrected chi connectivity index (χ1v) is 10.1. The molecule has 0 radical (unpaired) electrons. The van der Waals surface area contributed by atoms with Crippen molar-refractivity contribution in [2.45, 2.75) is 85.5 Å². The molecular formula is C21H34O4.